The first-order valence-corrected chi connectivity index (χ1v) is 9.10. The molecule has 0 saturated carbocycles. The molecule has 118 valence electrons. The van der Waals surface area contributed by atoms with E-state index in [1.807, 2.05) is 12.1 Å². The number of nitrogens with one attached hydrogen (secondary N) is 1. The zero-order valence-corrected chi connectivity index (χ0v) is 14.0. The highest BCUT2D eigenvalue weighted by Gasteiger charge is 2.19. The summed E-state index contributed by atoms with van der Waals surface area (Å²) in [4.78, 5) is 2.66. The Kier molecular flexibility index (Phi) is 5.07. The van der Waals surface area contributed by atoms with Gasteiger partial charge in [-0.05, 0) is 49.0 Å². The van der Waals surface area contributed by atoms with Crippen molar-refractivity contribution in [2.75, 3.05) is 26.2 Å². The highest BCUT2D eigenvalue weighted by Crippen LogP contribution is 2.24. The van der Waals surface area contributed by atoms with Crippen LogP contribution in [-0.4, -0.2) is 39.5 Å². The van der Waals surface area contributed by atoms with E-state index < -0.39 is 10.0 Å². The van der Waals surface area contributed by atoms with E-state index >= 15 is 0 Å². The lowest BCUT2D eigenvalue weighted by atomic mass is 9.87. The van der Waals surface area contributed by atoms with Crippen molar-refractivity contribution in [1.82, 2.24) is 9.62 Å². The molecule has 1 N–H and O–H groups in total. The largest absolute Gasteiger partial charge is 0.302 e. The zero-order chi connectivity index (χ0) is 15.5. The molecule has 1 fully saturated rings. The van der Waals surface area contributed by atoms with E-state index in [1.165, 1.54) is 12.8 Å². The van der Waals surface area contributed by atoms with Crippen molar-refractivity contribution in [3.63, 3.8) is 0 Å². The zero-order valence-electron chi connectivity index (χ0n) is 13.2. The molecule has 1 saturated heterocycles. The highest BCUT2D eigenvalue weighted by atomic mass is 32.2. The third-order valence-corrected chi connectivity index (χ3v) is 5.39. The highest BCUT2D eigenvalue weighted by molar-refractivity contribution is 7.89. The second-order valence-corrected chi connectivity index (χ2v) is 8.49. The standard InChI is InChI=1S/C16H26N2O2S/c1-16(2,3)14-7-6-8-15(13-14)21(19,20)17-9-12-18-10-4-5-11-18/h6-8,13,17H,4-5,9-12H2,1-3H3. The third-order valence-electron chi connectivity index (χ3n) is 3.93. The molecule has 1 aliphatic rings. The summed E-state index contributed by atoms with van der Waals surface area (Å²) in [6, 6.07) is 7.23. The third kappa shape index (κ3) is 4.53. The summed E-state index contributed by atoms with van der Waals surface area (Å²) in [5, 5.41) is 0. The number of hydrogen-bond acceptors (Lipinski definition) is 3. The fraction of sp³-hybridized carbons (Fsp3) is 0.625. The van der Waals surface area contributed by atoms with Gasteiger partial charge in [-0.1, -0.05) is 32.9 Å². The van der Waals surface area contributed by atoms with E-state index in [2.05, 4.69) is 30.4 Å². The molecule has 0 aromatic heterocycles. The van der Waals surface area contributed by atoms with Gasteiger partial charge >= 0.3 is 0 Å². The Morgan fingerprint density at radius 2 is 1.86 bits per heavy atom. The van der Waals surface area contributed by atoms with Gasteiger partial charge in [-0.2, -0.15) is 0 Å². The smallest absolute Gasteiger partial charge is 0.240 e. The second-order valence-electron chi connectivity index (χ2n) is 6.72. The molecule has 0 amide bonds. The fourth-order valence-corrected chi connectivity index (χ4v) is 3.62. The Morgan fingerprint density at radius 3 is 2.48 bits per heavy atom. The van der Waals surface area contributed by atoms with Gasteiger partial charge in [0.25, 0.3) is 0 Å². The summed E-state index contributed by atoms with van der Waals surface area (Å²) in [6.45, 7) is 9.68. The molecule has 1 aromatic rings. The van der Waals surface area contributed by atoms with Gasteiger partial charge in [0.15, 0.2) is 0 Å². The Labute approximate surface area is 128 Å². The van der Waals surface area contributed by atoms with Crippen molar-refractivity contribution >= 4 is 10.0 Å². The van der Waals surface area contributed by atoms with Gasteiger partial charge in [-0.15, -0.1) is 0 Å². The van der Waals surface area contributed by atoms with Crippen LogP contribution >= 0.6 is 0 Å². The van der Waals surface area contributed by atoms with Gasteiger partial charge in [0.05, 0.1) is 4.90 Å². The quantitative estimate of drug-likeness (QED) is 0.908. The summed E-state index contributed by atoms with van der Waals surface area (Å²) in [5.74, 6) is 0. The van der Waals surface area contributed by atoms with Crippen LogP contribution in [0.15, 0.2) is 29.2 Å². The molecular formula is C16H26N2O2S. The predicted octanol–water partition coefficient (Wildman–Crippen LogP) is 2.36. The lowest BCUT2D eigenvalue weighted by Crippen LogP contribution is -2.33. The first-order valence-electron chi connectivity index (χ1n) is 7.62. The number of hydrogen-bond donors (Lipinski definition) is 1. The van der Waals surface area contributed by atoms with Crippen LogP contribution in [0, 0.1) is 0 Å². The topological polar surface area (TPSA) is 49.4 Å². The second kappa shape index (κ2) is 6.46. The Hall–Kier alpha value is -0.910. The summed E-state index contributed by atoms with van der Waals surface area (Å²) in [7, 11) is -3.41. The average Bonchev–Trinajstić information content (AvgIpc) is 2.91. The van der Waals surface area contributed by atoms with Crippen molar-refractivity contribution in [2.45, 2.75) is 43.9 Å². The minimum atomic E-state index is -3.41. The molecule has 0 aliphatic carbocycles. The number of likely N-dealkylation sites (tertiary alicyclic amines) is 1. The van der Waals surface area contributed by atoms with Crippen LogP contribution in [0.3, 0.4) is 0 Å². The van der Waals surface area contributed by atoms with Gasteiger partial charge < -0.3 is 4.90 Å². The predicted molar refractivity (Wildman–Crippen MR) is 86.0 cm³/mol. The molecular weight excluding hydrogens is 284 g/mol. The van der Waals surface area contributed by atoms with Crippen LogP contribution < -0.4 is 4.72 Å². The summed E-state index contributed by atoms with van der Waals surface area (Å²) >= 11 is 0. The van der Waals surface area contributed by atoms with E-state index in [0.29, 0.717) is 11.4 Å². The van der Waals surface area contributed by atoms with E-state index in [9.17, 15) is 8.42 Å². The molecule has 4 nitrogen and oxygen atoms in total. The minimum Gasteiger partial charge on any atom is -0.302 e. The summed E-state index contributed by atoms with van der Waals surface area (Å²) in [5.41, 5.74) is 0.978. The van der Waals surface area contributed by atoms with Crippen molar-refractivity contribution in [1.29, 1.82) is 0 Å². The Bertz CT molecular complexity index is 570. The summed E-state index contributed by atoms with van der Waals surface area (Å²) in [6.07, 6.45) is 2.45. The van der Waals surface area contributed by atoms with Gasteiger partial charge in [0.2, 0.25) is 10.0 Å². The van der Waals surface area contributed by atoms with Crippen LogP contribution in [0.4, 0.5) is 0 Å². The van der Waals surface area contributed by atoms with Crippen molar-refractivity contribution in [3.8, 4) is 0 Å². The van der Waals surface area contributed by atoms with Gasteiger partial charge in [0.1, 0.15) is 0 Å². The SMILES string of the molecule is CC(C)(C)c1cccc(S(=O)(=O)NCCN2CCCC2)c1. The Morgan fingerprint density at radius 1 is 1.19 bits per heavy atom. The minimum absolute atomic E-state index is 0.0545. The monoisotopic (exact) mass is 310 g/mol. The van der Waals surface area contributed by atoms with Crippen LogP contribution in [0.25, 0.3) is 0 Å². The number of benzene rings is 1. The van der Waals surface area contributed by atoms with E-state index in [-0.39, 0.29) is 5.41 Å². The maximum Gasteiger partial charge on any atom is 0.240 e. The average molecular weight is 310 g/mol. The molecule has 0 spiro atoms. The number of nitrogens with zero attached hydrogens (tertiary/aromatic N) is 1. The first kappa shape index (κ1) is 16.5. The molecule has 21 heavy (non-hydrogen) atoms. The fourth-order valence-electron chi connectivity index (χ4n) is 2.56. The van der Waals surface area contributed by atoms with Gasteiger partial charge in [-0.25, -0.2) is 13.1 Å². The van der Waals surface area contributed by atoms with Crippen LogP contribution in [-0.2, 0) is 15.4 Å². The molecule has 5 heteroatoms. The summed E-state index contributed by atoms with van der Waals surface area (Å²) < 4.78 is 27.4. The molecule has 0 bridgehead atoms. The van der Waals surface area contributed by atoms with E-state index in [0.717, 1.165) is 25.2 Å². The normalized spacial score (nSPS) is 17.3. The lowest BCUT2D eigenvalue weighted by Gasteiger charge is -2.20. The molecule has 0 atom stereocenters. The lowest BCUT2D eigenvalue weighted by molar-refractivity contribution is 0.344. The molecule has 0 unspecified atom stereocenters. The van der Waals surface area contributed by atoms with E-state index in [4.69, 9.17) is 0 Å². The van der Waals surface area contributed by atoms with Crippen LogP contribution in [0.5, 0.6) is 0 Å². The number of rotatable bonds is 5. The van der Waals surface area contributed by atoms with Crippen molar-refractivity contribution in [2.24, 2.45) is 0 Å². The van der Waals surface area contributed by atoms with Crippen LogP contribution in [0.2, 0.25) is 0 Å². The van der Waals surface area contributed by atoms with Crippen LogP contribution in [0.1, 0.15) is 39.2 Å². The maximum atomic E-state index is 12.4. The number of sulfonamides is 1. The maximum absolute atomic E-state index is 12.4. The van der Waals surface area contributed by atoms with Crippen molar-refractivity contribution < 1.29 is 8.42 Å². The molecule has 1 aliphatic heterocycles. The van der Waals surface area contributed by atoms with Crippen molar-refractivity contribution in [3.05, 3.63) is 29.8 Å². The molecule has 2 rings (SSSR count). The molecule has 1 aromatic carbocycles. The molecule has 1 heterocycles. The Balaban J connectivity index is 2.01. The van der Waals surface area contributed by atoms with E-state index in [1.54, 1.807) is 12.1 Å². The molecule has 0 radical (unpaired) electrons. The van der Waals surface area contributed by atoms with Gasteiger partial charge in [0, 0.05) is 13.1 Å². The van der Waals surface area contributed by atoms with Gasteiger partial charge in [-0.3, -0.25) is 0 Å². The first-order chi connectivity index (χ1) is 9.79.